The van der Waals surface area contributed by atoms with Gasteiger partial charge in [-0.15, -0.1) is 0 Å². The highest BCUT2D eigenvalue weighted by molar-refractivity contribution is 9.10. The Morgan fingerprint density at radius 2 is 1.73 bits per heavy atom. The first kappa shape index (κ1) is 20.3. The average molecular weight is 467 g/mol. The summed E-state index contributed by atoms with van der Waals surface area (Å²) in [5, 5.41) is 0. The number of benzene rings is 2. The van der Waals surface area contributed by atoms with Crippen LogP contribution in [0.1, 0.15) is 43.0 Å². The Morgan fingerprint density at radius 3 is 2.43 bits per heavy atom. The van der Waals surface area contributed by atoms with Gasteiger partial charge >= 0.3 is 5.97 Å². The fraction of sp³-hybridized carbons (Fsp3) is 0.261. The van der Waals surface area contributed by atoms with E-state index in [9.17, 15) is 4.79 Å². The van der Waals surface area contributed by atoms with E-state index in [-0.39, 0.29) is 11.4 Å². The maximum Gasteiger partial charge on any atom is 0.344 e. The first-order chi connectivity index (χ1) is 14.6. The van der Waals surface area contributed by atoms with E-state index in [0.29, 0.717) is 23.3 Å². The minimum Gasteiger partial charge on any atom is -0.462 e. The Kier molecular flexibility index (Phi) is 5.99. The standard InChI is InChI=1S/C23H23BrN4O2/c1-2-3-4-7-14-30-23(29)19-20-22(27-18-9-6-5-8-17(18)26-20)28(21(19)25)16-12-10-15(24)11-13-16/h5-6,8-13H,2-4,7,14,25H2,1H3. The minimum atomic E-state index is -0.463. The Morgan fingerprint density at radius 1 is 1.03 bits per heavy atom. The molecule has 4 aromatic rings. The van der Waals surface area contributed by atoms with Gasteiger partial charge in [-0.05, 0) is 42.8 Å². The average Bonchev–Trinajstić information content (AvgIpc) is 3.03. The van der Waals surface area contributed by atoms with Crippen molar-refractivity contribution in [1.82, 2.24) is 14.5 Å². The van der Waals surface area contributed by atoms with Gasteiger partial charge in [0.05, 0.1) is 17.6 Å². The number of esters is 1. The molecule has 0 saturated carbocycles. The van der Waals surface area contributed by atoms with Crippen LogP contribution in [-0.4, -0.2) is 27.1 Å². The summed E-state index contributed by atoms with van der Waals surface area (Å²) in [4.78, 5) is 22.4. The lowest BCUT2D eigenvalue weighted by Gasteiger charge is -2.08. The van der Waals surface area contributed by atoms with Crippen molar-refractivity contribution in [3.63, 3.8) is 0 Å². The lowest BCUT2D eigenvalue weighted by atomic mass is 10.2. The number of unbranched alkanes of at least 4 members (excludes halogenated alkanes) is 3. The number of aromatic nitrogens is 3. The zero-order chi connectivity index (χ0) is 21.1. The number of nitrogens with two attached hydrogens (primary N) is 1. The van der Waals surface area contributed by atoms with E-state index in [2.05, 4.69) is 22.9 Å². The van der Waals surface area contributed by atoms with Crippen molar-refractivity contribution in [2.75, 3.05) is 12.3 Å². The molecule has 0 amide bonds. The maximum absolute atomic E-state index is 13.0. The number of ether oxygens (including phenoxy) is 1. The quantitative estimate of drug-likeness (QED) is 0.280. The molecule has 0 atom stereocenters. The molecule has 0 aliphatic carbocycles. The lowest BCUT2D eigenvalue weighted by Crippen LogP contribution is -2.10. The van der Waals surface area contributed by atoms with Crippen molar-refractivity contribution in [1.29, 1.82) is 0 Å². The number of carbonyl (C=O) groups is 1. The van der Waals surface area contributed by atoms with Crippen molar-refractivity contribution in [3.05, 3.63) is 58.6 Å². The molecule has 0 spiro atoms. The summed E-state index contributed by atoms with van der Waals surface area (Å²) < 4.78 is 8.24. The monoisotopic (exact) mass is 466 g/mol. The van der Waals surface area contributed by atoms with Crippen LogP contribution in [0.25, 0.3) is 27.9 Å². The fourth-order valence-corrected chi connectivity index (χ4v) is 3.74. The van der Waals surface area contributed by atoms with Crippen LogP contribution in [0.5, 0.6) is 0 Å². The fourth-order valence-electron chi connectivity index (χ4n) is 3.48. The highest BCUT2D eigenvalue weighted by Gasteiger charge is 2.25. The number of carbonyl (C=O) groups excluding carboxylic acids is 1. The van der Waals surface area contributed by atoms with Gasteiger partial charge in [-0.25, -0.2) is 14.8 Å². The van der Waals surface area contributed by atoms with E-state index in [0.717, 1.165) is 41.4 Å². The summed E-state index contributed by atoms with van der Waals surface area (Å²) in [6, 6.07) is 15.2. The molecular formula is C23H23BrN4O2. The van der Waals surface area contributed by atoms with Crippen molar-refractivity contribution in [2.24, 2.45) is 0 Å². The summed E-state index contributed by atoms with van der Waals surface area (Å²) in [5.41, 5.74) is 9.96. The summed E-state index contributed by atoms with van der Waals surface area (Å²) in [6.45, 7) is 2.51. The predicted octanol–water partition coefficient (Wildman–Crippen LogP) is 5.66. The molecule has 2 aromatic carbocycles. The van der Waals surface area contributed by atoms with Gasteiger partial charge in [-0.2, -0.15) is 0 Å². The van der Waals surface area contributed by atoms with Crippen molar-refractivity contribution in [3.8, 4) is 5.69 Å². The van der Waals surface area contributed by atoms with Gasteiger partial charge in [0, 0.05) is 10.2 Å². The highest BCUT2D eigenvalue weighted by atomic mass is 79.9. The zero-order valence-electron chi connectivity index (χ0n) is 16.8. The summed E-state index contributed by atoms with van der Waals surface area (Å²) in [5.74, 6) is -0.185. The molecule has 0 saturated heterocycles. The molecule has 154 valence electrons. The first-order valence-corrected chi connectivity index (χ1v) is 10.9. The van der Waals surface area contributed by atoms with E-state index in [1.807, 2.05) is 48.5 Å². The number of nitrogens with zero attached hydrogens (tertiary/aromatic N) is 3. The zero-order valence-corrected chi connectivity index (χ0v) is 18.4. The SMILES string of the molecule is CCCCCCOC(=O)c1c(N)n(-c2ccc(Br)cc2)c2nc3ccccc3nc12. The van der Waals surface area contributed by atoms with Gasteiger partial charge in [0.15, 0.2) is 5.65 Å². The van der Waals surface area contributed by atoms with Crippen LogP contribution in [0, 0.1) is 0 Å². The van der Waals surface area contributed by atoms with E-state index < -0.39 is 5.97 Å². The summed E-state index contributed by atoms with van der Waals surface area (Å²) >= 11 is 3.45. The molecule has 4 rings (SSSR count). The number of anilines is 1. The number of para-hydroxylation sites is 2. The van der Waals surface area contributed by atoms with Crippen LogP contribution in [0.3, 0.4) is 0 Å². The number of nitrogen functional groups attached to an aromatic ring is 1. The lowest BCUT2D eigenvalue weighted by molar-refractivity contribution is 0.0501. The first-order valence-electron chi connectivity index (χ1n) is 10.1. The van der Waals surface area contributed by atoms with Gasteiger partial charge in [0.2, 0.25) is 0 Å². The molecule has 0 aliphatic rings. The third kappa shape index (κ3) is 3.89. The van der Waals surface area contributed by atoms with E-state index in [1.54, 1.807) is 4.57 Å². The summed E-state index contributed by atoms with van der Waals surface area (Å²) in [7, 11) is 0. The number of fused-ring (bicyclic) bond motifs is 2. The molecule has 0 fully saturated rings. The molecule has 6 nitrogen and oxygen atoms in total. The molecule has 2 heterocycles. The van der Waals surface area contributed by atoms with Gasteiger partial charge in [-0.1, -0.05) is 54.2 Å². The molecule has 2 N–H and O–H groups in total. The normalized spacial score (nSPS) is 11.3. The van der Waals surface area contributed by atoms with Crippen LogP contribution in [0.4, 0.5) is 5.82 Å². The van der Waals surface area contributed by atoms with Crippen molar-refractivity contribution >= 4 is 49.9 Å². The van der Waals surface area contributed by atoms with Gasteiger partial charge in [0.1, 0.15) is 16.9 Å². The van der Waals surface area contributed by atoms with Crippen molar-refractivity contribution < 1.29 is 9.53 Å². The van der Waals surface area contributed by atoms with Crippen LogP contribution < -0.4 is 5.73 Å². The Balaban J connectivity index is 1.82. The third-order valence-corrected chi connectivity index (χ3v) is 5.55. The largest absolute Gasteiger partial charge is 0.462 e. The Labute approximate surface area is 183 Å². The van der Waals surface area contributed by atoms with E-state index >= 15 is 0 Å². The number of hydrogen-bond donors (Lipinski definition) is 1. The second-order valence-corrected chi connectivity index (χ2v) is 8.07. The Hall–Kier alpha value is -2.93. The predicted molar refractivity (Wildman–Crippen MR) is 123 cm³/mol. The third-order valence-electron chi connectivity index (χ3n) is 5.02. The Bertz CT molecular complexity index is 1200. The molecule has 0 aliphatic heterocycles. The number of rotatable bonds is 7. The van der Waals surface area contributed by atoms with Crippen LogP contribution in [0.15, 0.2) is 53.0 Å². The second-order valence-electron chi connectivity index (χ2n) is 7.15. The molecule has 7 heteroatoms. The molecule has 30 heavy (non-hydrogen) atoms. The van der Waals surface area contributed by atoms with Gasteiger partial charge in [-0.3, -0.25) is 4.57 Å². The van der Waals surface area contributed by atoms with Gasteiger partial charge in [0.25, 0.3) is 0 Å². The number of hydrogen-bond acceptors (Lipinski definition) is 5. The molecule has 0 bridgehead atoms. The second kappa shape index (κ2) is 8.83. The van der Waals surface area contributed by atoms with E-state index in [1.165, 1.54) is 0 Å². The summed E-state index contributed by atoms with van der Waals surface area (Å²) in [6.07, 6.45) is 4.12. The smallest absolute Gasteiger partial charge is 0.344 e. The molecular weight excluding hydrogens is 444 g/mol. The van der Waals surface area contributed by atoms with Crippen LogP contribution >= 0.6 is 15.9 Å². The van der Waals surface area contributed by atoms with Crippen LogP contribution in [0.2, 0.25) is 0 Å². The number of halogens is 1. The molecule has 0 unspecified atom stereocenters. The molecule has 0 radical (unpaired) electrons. The maximum atomic E-state index is 13.0. The minimum absolute atomic E-state index is 0.265. The highest BCUT2D eigenvalue weighted by Crippen LogP contribution is 2.32. The molecule has 2 aromatic heterocycles. The van der Waals surface area contributed by atoms with Crippen LogP contribution in [-0.2, 0) is 4.74 Å². The van der Waals surface area contributed by atoms with E-state index in [4.69, 9.17) is 20.4 Å². The topological polar surface area (TPSA) is 83.0 Å². The van der Waals surface area contributed by atoms with Gasteiger partial charge < -0.3 is 10.5 Å². The van der Waals surface area contributed by atoms with Crippen molar-refractivity contribution in [2.45, 2.75) is 32.6 Å².